The van der Waals surface area contributed by atoms with E-state index >= 15 is 0 Å². The number of carbonyl (C=O) groups is 1. The number of aryl methyl sites for hydroxylation is 1. The van der Waals surface area contributed by atoms with E-state index in [-0.39, 0.29) is 5.91 Å². The van der Waals surface area contributed by atoms with Gasteiger partial charge < -0.3 is 19.9 Å². The van der Waals surface area contributed by atoms with E-state index in [9.17, 15) is 4.79 Å². The summed E-state index contributed by atoms with van der Waals surface area (Å²) in [5, 5.41) is 10.2. The Morgan fingerprint density at radius 2 is 1.92 bits per heavy atom. The summed E-state index contributed by atoms with van der Waals surface area (Å²) >= 11 is 0. The molecule has 0 aliphatic heterocycles. The van der Waals surface area contributed by atoms with Gasteiger partial charge in [0.1, 0.15) is 11.5 Å². The maximum absolute atomic E-state index is 12.3. The van der Waals surface area contributed by atoms with E-state index in [0.717, 1.165) is 28.5 Å². The molecule has 1 amide bonds. The fraction of sp³-hybridized carbons (Fsp3) is 0.200. The lowest BCUT2D eigenvalue weighted by atomic mass is 10.1. The topological polar surface area (TPSA) is 76.4 Å². The summed E-state index contributed by atoms with van der Waals surface area (Å²) in [6.45, 7) is 3.16. The third-order valence-electron chi connectivity index (χ3n) is 3.85. The molecule has 1 heterocycles. The number of hydrogen-bond acceptors (Lipinski definition) is 5. The molecule has 0 bridgehead atoms. The van der Waals surface area contributed by atoms with Crippen molar-refractivity contribution in [2.75, 3.05) is 12.4 Å². The Morgan fingerprint density at radius 1 is 1.12 bits per heavy atom. The Balaban J connectivity index is 1.56. The number of anilines is 1. The van der Waals surface area contributed by atoms with Crippen molar-refractivity contribution in [2.45, 2.75) is 20.0 Å². The molecule has 26 heavy (non-hydrogen) atoms. The maximum atomic E-state index is 12.3. The van der Waals surface area contributed by atoms with Crippen LogP contribution in [0.1, 0.15) is 27.4 Å². The minimum absolute atomic E-state index is 0.157. The van der Waals surface area contributed by atoms with Crippen LogP contribution in [0.15, 0.2) is 59.1 Å². The summed E-state index contributed by atoms with van der Waals surface area (Å²) in [7, 11) is 1.60. The van der Waals surface area contributed by atoms with Gasteiger partial charge in [0.15, 0.2) is 0 Å². The third kappa shape index (κ3) is 4.70. The molecule has 0 spiro atoms. The molecule has 0 saturated carbocycles. The molecule has 134 valence electrons. The molecule has 3 rings (SSSR count). The Morgan fingerprint density at radius 3 is 2.62 bits per heavy atom. The predicted molar refractivity (Wildman–Crippen MR) is 99.2 cm³/mol. The molecule has 2 aromatic carbocycles. The molecule has 6 nitrogen and oxygen atoms in total. The Hall–Kier alpha value is -3.12. The number of benzene rings is 2. The van der Waals surface area contributed by atoms with E-state index < -0.39 is 0 Å². The van der Waals surface area contributed by atoms with E-state index in [2.05, 4.69) is 15.8 Å². The maximum Gasteiger partial charge on any atom is 0.255 e. The first kappa shape index (κ1) is 17.7. The molecular formula is C20H21N3O3. The lowest BCUT2D eigenvalue weighted by molar-refractivity contribution is 0.102. The van der Waals surface area contributed by atoms with Gasteiger partial charge in [-0.1, -0.05) is 17.3 Å². The Bertz CT molecular complexity index is 872. The van der Waals surface area contributed by atoms with Gasteiger partial charge >= 0.3 is 0 Å². The number of ether oxygens (including phenoxy) is 1. The van der Waals surface area contributed by atoms with Gasteiger partial charge in [0.2, 0.25) is 0 Å². The normalized spacial score (nSPS) is 10.5. The van der Waals surface area contributed by atoms with Crippen LogP contribution in [-0.4, -0.2) is 18.2 Å². The largest absolute Gasteiger partial charge is 0.497 e. The number of hydrogen-bond donors (Lipinski definition) is 2. The molecule has 0 radical (unpaired) electrons. The van der Waals surface area contributed by atoms with Crippen LogP contribution in [0.4, 0.5) is 5.69 Å². The molecule has 3 aromatic rings. The van der Waals surface area contributed by atoms with E-state index in [1.165, 1.54) is 0 Å². The number of amides is 1. The number of methoxy groups -OCH3 is 1. The van der Waals surface area contributed by atoms with Crippen molar-refractivity contribution in [3.8, 4) is 5.75 Å². The van der Waals surface area contributed by atoms with E-state index in [1.54, 1.807) is 31.4 Å². The van der Waals surface area contributed by atoms with Crippen molar-refractivity contribution < 1.29 is 14.1 Å². The first-order chi connectivity index (χ1) is 12.6. The van der Waals surface area contributed by atoms with Crippen molar-refractivity contribution in [2.24, 2.45) is 0 Å². The minimum Gasteiger partial charge on any atom is -0.497 e. The van der Waals surface area contributed by atoms with Gasteiger partial charge in [-0.2, -0.15) is 0 Å². The van der Waals surface area contributed by atoms with Gasteiger partial charge in [0.05, 0.1) is 12.8 Å². The third-order valence-corrected chi connectivity index (χ3v) is 3.85. The van der Waals surface area contributed by atoms with E-state index in [1.807, 2.05) is 37.3 Å². The molecule has 0 atom stereocenters. The second-order valence-corrected chi connectivity index (χ2v) is 5.92. The van der Waals surface area contributed by atoms with Crippen LogP contribution in [-0.2, 0) is 13.1 Å². The highest BCUT2D eigenvalue weighted by molar-refractivity contribution is 6.04. The number of nitrogens with zero attached hydrogens (tertiary/aromatic N) is 1. The lowest BCUT2D eigenvalue weighted by Crippen LogP contribution is -2.14. The Kier molecular flexibility index (Phi) is 5.66. The van der Waals surface area contributed by atoms with Crippen LogP contribution >= 0.6 is 0 Å². The first-order valence-corrected chi connectivity index (χ1v) is 8.31. The SMILES string of the molecule is COc1ccc(C(=O)Nc2cccc(CNCc3cc(C)on3)c2)cc1. The molecule has 0 unspecified atom stereocenters. The van der Waals surface area contributed by atoms with Crippen LogP contribution in [0, 0.1) is 6.92 Å². The highest BCUT2D eigenvalue weighted by Gasteiger charge is 2.07. The van der Waals surface area contributed by atoms with Gasteiger partial charge in [0, 0.05) is 30.4 Å². The molecule has 6 heteroatoms. The van der Waals surface area contributed by atoms with Crippen molar-refractivity contribution in [1.29, 1.82) is 0 Å². The predicted octanol–water partition coefficient (Wildman–Crippen LogP) is 3.53. The fourth-order valence-corrected chi connectivity index (χ4v) is 2.54. The molecule has 0 fully saturated rings. The summed E-state index contributed by atoms with van der Waals surface area (Å²) in [4.78, 5) is 12.3. The summed E-state index contributed by atoms with van der Waals surface area (Å²) in [6.07, 6.45) is 0. The average molecular weight is 351 g/mol. The van der Waals surface area contributed by atoms with Crippen LogP contribution < -0.4 is 15.4 Å². The molecule has 0 saturated heterocycles. The zero-order chi connectivity index (χ0) is 18.4. The Labute approximate surface area is 152 Å². The van der Waals surface area contributed by atoms with Crippen molar-refractivity contribution in [3.05, 3.63) is 77.2 Å². The number of aromatic nitrogens is 1. The molecule has 0 aliphatic rings. The summed E-state index contributed by atoms with van der Waals surface area (Å²) in [6, 6.07) is 16.6. The van der Waals surface area contributed by atoms with E-state index in [4.69, 9.17) is 9.26 Å². The molecular weight excluding hydrogens is 330 g/mol. The standard InChI is InChI=1S/C20H21N3O3/c1-14-10-18(23-26-14)13-21-12-15-4-3-5-17(11-15)22-20(24)16-6-8-19(25-2)9-7-16/h3-11,21H,12-13H2,1-2H3,(H,22,24). The summed E-state index contributed by atoms with van der Waals surface area (Å²) < 4.78 is 10.1. The highest BCUT2D eigenvalue weighted by atomic mass is 16.5. The summed E-state index contributed by atoms with van der Waals surface area (Å²) in [5.41, 5.74) is 3.27. The van der Waals surface area contributed by atoms with Crippen molar-refractivity contribution >= 4 is 11.6 Å². The van der Waals surface area contributed by atoms with Crippen LogP contribution in [0.2, 0.25) is 0 Å². The zero-order valence-corrected chi connectivity index (χ0v) is 14.8. The lowest BCUT2D eigenvalue weighted by Gasteiger charge is -2.09. The second kappa shape index (κ2) is 8.31. The quantitative estimate of drug-likeness (QED) is 0.681. The smallest absolute Gasteiger partial charge is 0.255 e. The zero-order valence-electron chi connectivity index (χ0n) is 14.8. The van der Waals surface area contributed by atoms with Crippen LogP contribution in [0.3, 0.4) is 0 Å². The van der Waals surface area contributed by atoms with Gasteiger partial charge in [0.25, 0.3) is 5.91 Å². The average Bonchev–Trinajstić information content (AvgIpc) is 3.07. The van der Waals surface area contributed by atoms with Gasteiger partial charge in [-0.25, -0.2) is 0 Å². The first-order valence-electron chi connectivity index (χ1n) is 8.31. The summed E-state index contributed by atoms with van der Waals surface area (Å²) in [5.74, 6) is 1.36. The van der Waals surface area contributed by atoms with Crippen molar-refractivity contribution in [3.63, 3.8) is 0 Å². The van der Waals surface area contributed by atoms with Crippen LogP contribution in [0.25, 0.3) is 0 Å². The van der Waals surface area contributed by atoms with Gasteiger partial charge in [-0.3, -0.25) is 4.79 Å². The molecule has 2 N–H and O–H groups in total. The number of nitrogens with one attached hydrogen (secondary N) is 2. The van der Waals surface area contributed by atoms with Crippen LogP contribution in [0.5, 0.6) is 5.75 Å². The highest BCUT2D eigenvalue weighted by Crippen LogP contribution is 2.15. The fourth-order valence-electron chi connectivity index (χ4n) is 2.54. The van der Waals surface area contributed by atoms with Gasteiger partial charge in [-0.05, 0) is 48.9 Å². The molecule has 1 aromatic heterocycles. The second-order valence-electron chi connectivity index (χ2n) is 5.92. The minimum atomic E-state index is -0.157. The number of carbonyl (C=O) groups excluding carboxylic acids is 1. The van der Waals surface area contributed by atoms with Crippen molar-refractivity contribution in [1.82, 2.24) is 10.5 Å². The number of rotatable bonds is 7. The van der Waals surface area contributed by atoms with E-state index in [0.29, 0.717) is 18.7 Å². The molecule has 0 aliphatic carbocycles. The monoisotopic (exact) mass is 351 g/mol. The van der Waals surface area contributed by atoms with Gasteiger partial charge in [-0.15, -0.1) is 0 Å².